The molecule has 1 fully saturated rings. The molecule has 22 heavy (non-hydrogen) atoms. The third kappa shape index (κ3) is 2.26. The first kappa shape index (κ1) is 14.3. The fourth-order valence-corrected chi connectivity index (χ4v) is 2.79. The number of carbonyl (C=O) groups is 1. The van der Waals surface area contributed by atoms with Gasteiger partial charge in [0.05, 0.1) is 19.1 Å². The Bertz CT molecular complexity index is 694. The lowest BCUT2D eigenvalue weighted by Crippen LogP contribution is -2.54. The Kier molecular flexibility index (Phi) is 3.67. The first-order chi connectivity index (χ1) is 10.7. The number of amides is 1. The summed E-state index contributed by atoms with van der Waals surface area (Å²) in [6, 6.07) is 13.4. The summed E-state index contributed by atoms with van der Waals surface area (Å²) in [5.41, 5.74) is 1.68. The van der Waals surface area contributed by atoms with Gasteiger partial charge in [-0.15, -0.1) is 6.58 Å². The minimum atomic E-state index is -0.291. The molecule has 0 aromatic heterocycles. The van der Waals surface area contributed by atoms with E-state index in [9.17, 15) is 9.18 Å². The molecular weight excluding hydrogens is 281 g/mol. The second-order valence-electron chi connectivity index (χ2n) is 5.16. The van der Waals surface area contributed by atoms with E-state index in [1.807, 2.05) is 24.3 Å². The van der Waals surface area contributed by atoms with Crippen LogP contribution in [0.1, 0.15) is 11.6 Å². The highest BCUT2D eigenvalue weighted by molar-refractivity contribution is 6.04. The Morgan fingerprint density at radius 1 is 1.14 bits per heavy atom. The number of carbonyl (C=O) groups excluding carboxylic acids is 1. The van der Waals surface area contributed by atoms with E-state index in [0.29, 0.717) is 0 Å². The van der Waals surface area contributed by atoms with Gasteiger partial charge in [-0.2, -0.15) is 0 Å². The van der Waals surface area contributed by atoms with Crippen LogP contribution in [0.25, 0.3) is 0 Å². The molecule has 1 heterocycles. The predicted molar refractivity (Wildman–Crippen MR) is 83.3 cm³/mol. The molecule has 0 saturated carbocycles. The highest BCUT2D eigenvalue weighted by Gasteiger charge is 2.46. The maximum Gasteiger partial charge on any atom is 0.236 e. The molecule has 0 N–H and O–H groups in total. The molecule has 2 atom stereocenters. The van der Waals surface area contributed by atoms with Crippen molar-refractivity contribution in [1.29, 1.82) is 0 Å². The molecule has 1 saturated heterocycles. The summed E-state index contributed by atoms with van der Waals surface area (Å²) in [5.74, 6) is 0.151. The van der Waals surface area contributed by atoms with Crippen molar-refractivity contribution in [2.45, 2.75) is 6.04 Å². The Hall–Kier alpha value is -2.62. The number of β-lactam (4-membered cyclic amide) rings is 1. The summed E-state index contributed by atoms with van der Waals surface area (Å²) in [4.78, 5) is 14.1. The van der Waals surface area contributed by atoms with Crippen molar-refractivity contribution in [1.82, 2.24) is 0 Å². The highest BCUT2D eigenvalue weighted by Crippen LogP contribution is 2.44. The molecule has 0 spiro atoms. The van der Waals surface area contributed by atoms with Crippen LogP contribution in [0.15, 0.2) is 61.2 Å². The van der Waals surface area contributed by atoms with Gasteiger partial charge < -0.3 is 9.64 Å². The van der Waals surface area contributed by atoms with Gasteiger partial charge in [0.1, 0.15) is 11.6 Å². The summed E-state index contributed by atoms with van der Waals surface area (Å²) >= 11 is 0. The molecule has 0 aliphatic carbocycles. The zero-order chi connectivity index (χ0) is 15.7. The van der Waals surface area contributed by atoms with Crippen LogP contribution >= 0.6 is 0 Å². The lowest BCUT2D eigenvalue weighted by molar-refractivity contribution is -0.128. The van der Waals surface area contributed by atoms with Gasteiger partial charge in [0.25, 0.3) is 0 Å². The largest absolute Gasteiger partial charge is 0.497 e. The SMILES string of the molecule is C=C[C@@H]1C(=O)N(c2ccc(OC)cc2)[C@H]1c1ccc(F)cc1. The van der Waals surface area contributed by atoms with Crippen molar-refractivity contribution in [3.8, 4) is 5.75 Å². The molecule has 2 aromatic rings. The van der Waals surface area contributed by atoms with Crippen LogP contribution in [0.3, 0.4) is 0 Å². The number of hydrogen-bond acceptors (Lipinski definition) is 2. The molecule has 3 nitrogen and oxygen atoms in total. The van der Waals surface area contributed by atoms with E-state index >= 15 is 0 Å². The van der Waals surface area contributed by atoms with Gasteiger partial charge in [-0.1, -0.05) is 18.2 Å². The van der Waals surface area contributed by atoms with Gasteiger partial charge in [0.2, 0.25) is 5.91 Å². The maximum atomic E-state index is 13.1. The lowest BCUT2D eigenvalue weighted by atomic mass is 9.82. The monoisotopic (exact) mass is 297 g/mol. The number of nitrogens with zero attached hydrogens (tertiary/aromatic N) is 1. The molecule has 0 radical (unpaired) electrons. The van der Waals surface area contributed by atoms with Crippen LogP contribution < -0.4 is 9.64 Å². The average Bonchev–Trinajstić information content (AvgIpc) is 2.55. The Morgan fingerprint density at radius 2 is 1.77 bits per heavy atom. The van der Waals surface area contributed by atoms with Crippen LogP contribution in [-0.2, 0) is 4.79 Å². The van der Waals surface area contributed by atoms with E-state index in [-0.39, 0.29) is 23.7 Å². The van der Waals surface area contributed by atoms with Crippen LogP contribution in [0.4, 0.5) is 10.1 Å². The van der Waals surface area contributed by atoms with Crippen molar-refractivity contribution in [2.24, 2.45) is 5.92 Å². The smallest absolute Gasteiger partial charge is 0.236 e. The van der Waals surface area contributed by atoms with E-state index in [1.165, 1.54) is 12.1 Å². The van der Waals surface area contributed by atoms with Gasteiger partial charge in [0, 0.05) is 5.69 Å². The number of hydrogen-bond donors (Lipinski definition) is 0. The van der Waals surface area contributed by atoms with Crippen molar-refractivity contribution in [3.63, 3.8) is 0 Å². The quantitative estimate of drug-likeness (QED) is 0.636. The van der Waals surface area contributed by atoms with Gasteiger partial charge in [-0.05, 0) is 42.0 Å². The fraction of sp³-hybridized carbons (Fsp3) is 0.167. The Morgan fingerprint density at radius 3 is 2.32 bits per heavy atom. The summed E-state index contributed by atoms with van der Waals surface area (Å²) < 4.78 is 18.2. The summed E-state index contributed by atoms with van der Waals surface area (Å²) in [7, 11) is 1.60. The third-order valence-electron chi connectivity index (χ3n) is 3.96. The second kappa shape index (κ2) is 5.64. The minimum absolute atomic E-state index is 0.00510. The van der Waals surface area contributed by atoms with Crippen molar-refractivity contribution in [3.05, 3.63) is 72.6 Å². The van der Waals surface area contributed by atoms with E-state index < -0.39 is 0 Å². The molecule has 1 amide bonds. The number of rotatable bonds is 4. The van der Waals surface area contributed by atoms with E-state index in [1.54, 1.807) is 30.2 Å². The number of anilines is 1. The number of benzene rings is 2. The normalized spacial score (nSPS) is 20.5. The summed E-state index contributed by atoms with van der Waals surface area (Å²) in [6.07, 6.45) is 1.65. The van der Waals surface area contributed by atoms with Crippen LogP contribution in [-0.4, -0.2) is 13.0 Å². The maximum absolute atomic E-state index is 13.1. The molecule has 0 unspecified atom stereocenters. The first-order valence-electron chi connectivity index (χ1n) is 7.01. The summed E-state index contributed by atoms with van der Waals surface area (Å²) in [6.45, 7) is 3.74. The Balaban J connectivity index is 1.95. The first-order valence-corrected chi connectivity index (χ1v) is 7.01. The second-order valence-corrected chi connectivity index (χ2v) is 5.16. The molecule has 1 aliphatic rings. The Labute approximate surface area is 128 Å². The van der Waals surface area contributed by atoms with Crippen LogP contribution in [0, 0.1) is 11.7 Å². The molecular formula is C18H16FNO2. The van der Waals surface area contributed by atoms with E-state index in [2.05, 4.69) is 6.58 Å². The van der Waals surface area contributed by atoms with Gasteiger partial charge in [-0.25, -0.2) is 4.39 Å². The highest BCUT2D eigenvalue weighted by atomic mass is 19.1. The molecule has 4 heteroatoms. The number of methoxy groups -OCH3 is 1. The van der Waals surface area contributed by atoms with Gasteiger partial charge >= 0.3 is 0 Å². The minimum Gasteiger partial charge on any atom is -0.497 e. The molecule has 2 aromatic carbocycles. The van der Waals surface area contributed by atoms with Crippen molar-refractivity contribution < 1.29 is 13.9 Å². The molecule has 112 valence electrons. The average molecular weight is 297 g/mol. The van der Waals surface area contributed by atoms with E-state index in [0.717, 1.165) is 17.0 Å². The van der Waals surface area contributed by atoms with Crippen LogP contribution in [0.5, 0.6) is 5.75 Å². The number of ether oxygens (including phenoxy) is 1. The van der Waals surface area contributed by atoms with Gasteiger partial charge in [-0.3, -0.25) is 4.79 Å². The van der Waals surface area contributed by atoms with Crippen molar-refractivity contribution >= 4 is 11.6 Å². The zero-order valence-corrected chi connectivity index (χ0v) is 12.2. The summed E-state index contributed by atoms with van der Waals surface area (Å²) in [5, 5.41) is 0. The van der Waals surface area contributed by atoms with Gasteiger partial charge in [0.15, 0.2) is 0 Å². The number of halogens is 1. The molecule has 1 aliphatic heterocycles. The predicted octanol–water partition coefficient (Wildman–Crippen LogP) is 3.72. The standard InChI is InChI=1S/C18H16FNO2/c1-3-16-17(12-4-6-13(19)7-5-12)20(18(16)21)14-8-10-15(22-2)11-9-14/h3-11,16-17H,1H2,2H3/t16-,17-/m0/s1. The molecule has 0 bridgehead atoms. The van der Waals surface area contributed by atoms with Crippen molar-refractivity contribution in [2.75, 3.05) is 12.0 Å². The topological polar surface area (TPSA) is 29.5 Å². The zero-order valence-electron chi connectivity index (χ0n) is 12.2. The van der Waals surface area contributed by atoms with E-state index in [4.69, 9.17) is 4.74 Å². The lowest BCUT2D eigenvalue weighted by Gasteiger charge is -2.46. The van der Waals surface area contributed by atoms with Crippen LogP contribution in [0.2, 0.25) is 0 Å². The third-order valence-corrected chi connectivity index (χ3v) is 3.96. The fourth-order valence-electron chi connectivity index (χ4n) is 2.79. The molecule has 3 rings (SSSR count).